The fourth-order valence-electron chi connectivity index (χ4n) is 2.40. The minimum atomic E-state index is -0.789. The molecule has 0 aliphatic heterocycles. The Balaban J connectivity index is 2.22. The molecule has 2 heterocycles. The maximum atomic E-state index is 12.3. The Hall–Kier alpha value is -1.84. The molecule has 7 nitrogen and oxygen atoms in total. The molecular formula is C16H8BrCl4N5O2. The van der Waals surface area contributed by atoms with Crippen molar-refractivity contribution in [2.75, 3.05) is 5.32 Å². The standard InChI is InChI=1S/C16H8BrCl4N5O2/c17-13-11(20)10(9-6(14(22)27)3-5(18)4-7(9)19)12(21)15(24-13)25-16(28)8-1-2-23-26-8/h1-4H,(H2,22,27)(H,23,26)(H,24,25,28). The number of aromatic amines is 1. The molecule has 0 fully saturated rings. The van der Waals surface area contributed by atoms with Crippen molar-refractivity contribution in [3.05, 3.63) is 60.3 Å². The second-order valence-electron chi connectivity index (χ2n) is 5.35. The van der Waals surface area contributed by atoms with Crippen molar-refractivity contribution >= 4 is 80.0 Å². The first kappa shape index (κ1) is 20.9. The summed E-state index contributed by atoms with van der Waals surface area (Å²) in [6, 6.07) is 4.22. The summed E-state index contributed by atoms with van der Waals surface area (Å²) in [6.07, 6.45) is 1.42. The first-order valence-electron chi connectivity index (χ1n) is 7.35. The van der Waals surface area contributed by atoms with Gasteiger partial charge in [0, 0.05) is 22.3 Å². The number of aromatic nitrogens is 3. The van der Waals surface area contributed by atoms with E-state index in [1.165, 1.54) is 24.4 Å². The van der Waals surface area contributed by atoms with Gasteiger partial charge in [-0.1, -0.05) is 46.4 Å². The minimum absolute atomic E-state index is 0.00486. The molecular weight excluding hydrogens is 516 g/mol. The van der Waals surface area contributed by atoms with Crippen LogP contribution >= 0.6 is 62.3 Å². The average molecular weight is 524 g/mol. The fraction of sp³-hybridized carbons (Fsp3) is 0. The van der Waals surface area contributed by atoms with Gasteiger partial charge >= 0.3 is 0 Å². The summed E-state index contributed by atoms with van der Waals surface area (Å²) in [6.45, 7) is 0. The van der Waals surface area contributed by atoms with Crippen molar-refractivity contribution in [2.24, 2.45) is 5.73 Å². The SMILES string of the molecule is NC(=O)c1cc(Cl)cc(Cl)c1-c1c(Cl)c(Br)nc(NC(=O)c2ccn[nH]2)c1Cl. The fourth-order valence-corrected chi connectivity index (χ4v) is 3.92. The third-order valence-electron chi connectivity index (χ3n) is 3.59. The number of halogens is 5. The Kier molecular flexibility index (Phi) is 6.16. The summed E-state index contributed by atoms with van der Waals surface area (Å²) < 4.78 is 0.162. The molecule has 0 aliphatic rings. The number of pyridine rings is 1. The summed E-state index contributed by atoms with van der Waals surface area (Å²) in [5, 5.41) is 9.08. The van der Waals surface area contributed by atoms with E-state index in [1.807, 2.05) is 0 Å². The number of hydrogen-bond acceptors (Lipinski definition) is 4. The van der Waals surface area contributed by atoms with Gasteiger partial charge in [0.15, 0.2) is 5.82 Å². The van der Waals surface area contributed by atoms with Crippen molar-refractivity contribution in [2.45, 2.75) is 0 Å². The number of benzene rings is 1. The molecule has 0 bridgehead atoms. The number of primary amides is 1. The van der Waals surface area contributed by atoms with Gasteiger partial charge in [-0.3, -0.25) is 14.7 Å². The molecule has 3 aromatic rings. The molecule has 0 radical (unpaired) electrons. The Labute approximate surface area is 186 Å². The van der Waals surface area contributed by atoms with Crippen LogP contribution in [0, 0.1) is 0 Å². The summed E-state index contributed by atoms with van der Waals surface area (Å²) in [5.41, 5.74) is 5.97. The van der Waals surface area contributed by atoms with Crippen LogP contribution in [0.4, 0.5) is 5.82 Å². The first-order valence-corrected chi connectivity index (χ1v) is 9.65. The van der Waals surface area contributed by atoms with E-state index in [9.17, 15) is 9.59 Å². The predicted octanol–water partition coefficient (Wildman–Crippen LogP) is 5.20. The van der Waals surface area contributed by atoms with Gasteiger partial charge in [-0.15, -0.1) is 0 Å². The molecule has 0 atom stereocenters. The molecule has 0 spiro atoms. The molecule has 0 saturated carbocycles. The zero-order valence-corrected chi connectivity index (χ0v) is 18.1. The third-order valence-corrected chi connectivity index (χ3v) is 5.64. The van der Waals surface area contributed by atoms with Crippen LogP contribution in [0.5, 0.6) is 0 Å². The van der Waals surface area contributed by atoms with Gasteiger partial charge in [0.05, 0.1) is 20.6 Å². The number of nitrogens with two attached hydrogens (primary N) is 1. The molecule has 0 unspecified atom stereocenters. The van der Waals surface area contributed by atoms with E-state index < -0.39 is 11.8 Å². The topological polar surface area (TPSA) is 114 Å². The van der Waals surface area contributed by atoms with E-state index >= 15 is 0 Å². The van der Waals surface area contributed by atoms with Gasteiger partial charge in [0.1, 0.15) is 10.3 Å². The highest BCUT2D eigenvalue weighted by Crippen LogP contribution is 2.46. The van der Waals surface area contributed by atoms with E-state index in [2.05, 4.69) is 36.4 Å². The first-order chi connectivity index (χ1) is 13.2. The van der Waals surface area contributed by atoms with Gasteiger partial charge in [0.2, 0.25) is 5.91 Å². The Morgan fingerprint density at radius 1 is 1.11 bits per heavy atom. The summed E-state index contributed by atoms with van der Waals surface area (Å²) >= 11 is 28.3. The van der Waals surface area contributed by atoms with Crippen LogP contribution in [0.15, 0.2) is 29.0 Å². The van der Waals surface area contributed by atoms with Crippen LogP contribution in [0.3, 0.4) is 0 Å². The van der Waals surface area contributed by atoms with Crippen molar-refractivity contribution in [3.63, 3.8) is 0 Å². The van der Waals surface area contributed by atoms with Gasteiger partial charge < -0.3 is 11.1 Å². The number of hydrogen-bond donors (Lipinski definition) is 3. The van der Waals surface area contributed by atoms with Crippen molar-refractivity contribution < 1.29 is 9.59 Å². The highest BCUT2D eigenvalue weighted by molar-refractivity contribution is 9.10. The monoisotopic (exact) mass is 521 g/mol. The van der Waals surface area contributed by atoms with Crippen molar-refractivity contribution in [3.8, 4) is 11.1 Å². The molecule has 2 aromatic heterocycles. The van der Waals surface area contributed by atoms with Gasteiger partial charge in [-0.2, -0.15) is 5.10 Å². The third kappa shape index (κ3) is 3.97. The molecule has 1 aromatic carbocycles. The van der Waals surface area contributed by atoms with E-state index in [0.717, 1.165) is 0 Å². The van der Waals surface area contributed by atoms with Gasteiger partial charge in [0.25, 0.3) is 5.91 Å². The van der Waals surface area contributed by atoms with Crippen LogP contribution in [-0.4, -0.2) is 27.0 Å². The molecule has 0 saturated heterocycles. The molecule has 12 heteroatoms. The van der Waals surface area contributed by atoms with E-state index in [1.54, 1.807) is 0 Å². The van der Waals surface area contributed by atoms with Crippen LogP contribution in [0.1, 0.15) is 20.8 Å². The maximum Gasteiger partial charge on any atom is 0.274 e. The highest BCUT2D eigenvalue weighted by atomic mass is 79.9. The number of carbonyl (C=O) groups is 2. The zero-order chi connectivity index (χ0) is 20.6. The summed E-state index contributed by atoms with van der Waals surface area (Å²) in [7, 11) is 0. The molecule has 4 N–H and O–H groups in total. The number of nitrogens with zero attached hydrogens (tertiary/aromatic N) is 2. The van der Waals surface area contributed by atoms with Crippen molar-refractivity contribution in [1.29, 1.82) is 0 Å². The normalized spacial score (nSPS) is 10.8. The average Bonchev–Trinajstić information content (AvgIpc) is 3.15. The van der Waals surface area contributed by atoms with E-state index in [0.29, 0.717) is 0 Å². The number of amides is 2. The molecule has 144 valence electrons. The van der Waals surface area contributed by atoms with Crippen LogP contribution in [0.2, 0.25) is 20.1 Å². The lowest BCUT2D eigenvalue weighted by atomic mass is 9.99. The molecule has 0 aliphatic carbocycles. The lowest BCUT2D eigenvalue weighted by Crippen LogP contribution is -2.15. The molecule has 28 heavy (non-hydrogen) atoms. The number of rotatable bonds is 4. The Morgan fingerprint density at radius 3 is 2.43 bits per heavy atom. The van der Waals surface area contributed by atoms with Crippen LogP contribution in [-0.2, 0) is 0 Å². The highest BCUT2D eigenvalue weighted by Gasteiger charge is 2.25. The molecule has 2 amide bonds. The lowest BCUT2D eigenvalue weighted by molar-refractivity contribution is 0.0997. The van der Waals surface area contributed by atoms with Crippen molar-refractivity contribution in [1.82, 2.24) is 15.2 Å². The summed E-state index contributed by atoms with van der Waals surface area (Å²) in [5.74, 6) is -1.35. The smallest absolute Gasteiger partial charge is 0.274 e. The van der Waals surface area contributed by atoms with E-state index in [4.69, 9.17) is 52.1 Å². The second-order valence-corrected chi connectivity index (χ2v) is 7.70. The number of nitrogens with one attached hydrogen (secondary N) is 2. The maximum absolute atomic E-state index is 12.3. The zero-order valence-electron chi connectivity index (χ0n) is 13.5. The number of anilines is 1. The van der Waals surface area contributed by atoms with Gasteiger partial charge in [-0.25, -0.2) is 4.98 Å². The second kappa shape index (κ2) is 8.26. The molecule has 3 rings (SSSR count). The van der Waals surface area contributed by atoms with Gasteiger partial charge in [-0.05, 0) is 34.1 Å². The Bertz CT molecular complexity index is 1110. The van der Waals surface area contributed by atoms with E-state index in [-0.39, 0.29) is 52.9 Å². The number of H-pyrrole nitrogens is 1. The lowest BCUT2D eigenvalue weighted by Gasteiger charge is -2.17. The van der Waals surface area contributed by atoms with Crippen LogP contribution < -0.4 is 11.1 Å². The largest absolute Gasteiger partial charge is 0.366 e. The number of carbonyl (C=O) groups excluding carboxylic acids is 2. The Morgan fingerprint density at radius 2 is 1.82 bits per heavy atom. The quantitative estimate of drug-likeness (QED) is 0.408. The minimum Gasteiger partial charge on any atom is -0.366 e. The van der Waals surface area contributed by atoms with Crippen LogP contribution in [0.25, 0.3) is 11.1 Å². The predicted molar refractivity (Wildman–Crippen MR) is 112 cm³/mol. The summed E-state index contributed by atoms with van der Waals surface area (Å²) in [4.78, 5) is 28.4.